The Morgan fingerprint density at radius 2 is 2.11 bits per heavy atom. The molecule has 0 fully saturated rings. The number of nitrogens with zero attached hydrogens (tertiary/aromatic N) is 1. The predicted octanol–water partition coefficient (Wildman–Crippen LogP) is 1.98. The fourth-order valence-electron chi connectivity index (χ4n) is 2.30. The maximum Gasteiger partial charge on any atom is 0.224 e. The van der Waals surface area contributed by atoms with Crippen molar-refractivity contribution >= 4 is 5.91 Å². The van der Waals surface area contributed by atoms with E-state index in [-0.39, 0.29) is 18.9 Å². The molecule has 0 saturated carbocycles. The number of nitrogens with two attached hydrogens (primary N) is 1. The average Bonchev–Trinajstić information content (AvgIpc) is 2.25. The minimum absolute atomic E-state index is 0.0955. The Balaban J connectivity index is 2.16. The van der Waals surface area contributed by atoms with E-state index in [2.05, 4.69) is 0 Å². The van der Waals surface area contributed by atoms with Crippen molar-refractivity contribution in [1.82, 2.24) is 4.90 Å². The lowest BCUT2D eigenvalue weighted by molar-refractivity contribution is -0.133. The van der Waals surface area contributed by atoms with Crippen LogP contribution in [-0.4, -0.2) is 22.9 Å². The maximum absolute atomic E-state index is 13.7. The highest BCUT2D eigenvalue weighted by Crippen LogP contribution is 2.24. The van der Waals surface area contributed by atoms with Gasteiger partial charge in [0.25, 0.3) is 0 Å². The monoisotopic (exact) mass is 268 g/mol. The molecule has 2 N–H and O–H groups in total. The molecule has 1 aromatic rings. The topological polar surface area (TPSA) is 46.3 Å². The summed E-state index contributed by atoms with van der Waals surface area (Å²) in [7, 11) is 0. The van der Waals surface area contributed by atoms with Crippen LogP contribution in [0.15, 0.2) is 12.1 Å². The molecular formula is C14H18F2N2O. The third-order valence-electron chi connectivity index (χ3n) is 3.21. The Kier molecular flexibility index (Phi) is 3.58. The number of benzene rings is 1. The second-order valence-electron chi connectivity index (χ2n) is 5.76. The zero-order valence-electron chi connectivity index (χ0n) is 11.2. The number of fused-ring (bicyclic) bond motifs is 1. The van der Waals surface area contributed by atoms with Crippen molar-refractivity contribution in [2.45, 2.75) is 38.8 Å². The molecular weight excluding hydrogens is 250 g/mol. The van der Waals surface area contributed by atoms with Crippen LogP contribution in [0.2, 0.25) is 0 Å². The molecule has 0 aliphatic carbocycles. The first kappa shape index (κ1) is 13.9. The van der Waals surface area contributed by atoms with Gasteiger partial charge >= 0.3 is 0 Å². The van der Waals surface area contributed by atoms with Gasteiger partial charge in [-0.25, -0.2) is 8.78 Å². The number of rotatable bonds is 2. The summed E-state index contributed by atoms with van der Waals surface area (Å²) < 4.78 is 26.8. The van der Waals surface area contributed by atoms with Crippen molar-refractivity contribution in [3.05, 3.63) is 34.9 Å². The van der Waals surface area contributed by atoms with Gasteiger partial charge in [0, 0.05) is 36.7 Å². The number of hydrogen-bond donors (Lipinski definition) is 1. The molecule has 1 aromatic carbocycles. The van der Waals surface area contributed by atoms with Gasteiger partial charge in [-0.05, 0) is 31.9 Å². The first-order valence-corrected chi connectivity index (χ1v) is 6.30. The fraction of sp³-hybridized carbons (Fsp3) is 0.500. The smallest absolute Gasteiger partial charge is 0.224 e. The second-order valence-corrected chi connectivity index (χ2v) is 5.76. The minimum Gasteiger partial charge on any atom is -0.338 e. The molecule has 1 aliphatic rings. The first-order valence-electron chi connectivity index (χ1n) is 6.30. The van der Waals surface area contributed by atoms with Crippen LogP contribution in [0.4, 0.5) is 8.78 Å². The molecule has 0 radical (unpaired) electrons. The normalized spacial score (nSPS) is 15.3. The molecule has 0 atom stereocenters. The minimum atomic E-state index is -0.585. The lowest BCUT2D eigenvalue weighted by atomic mass is 9.96. The van der Waals surface area contributed by atoms with Crippen LogP contribution in [0.25, 0.3) is 0 Å². The highest BCUT2D eigenvalue weighted by molar-refractivity contribution is 5.77. The van der Waals surface area contributed by atoms with Crippen molar-refractivity contribution in [3.63, 3.8) is 0 Å². The third-order valence-corrected chi connectivity index (χ3v) is 3.21. The van der Waals surface area contributed by atoms with Crippen LogP contribution < -0.4 is 5.73 Å². The second kappa shape index (κ2) is 4.89. The summed E-state index contributed by atoms with van der Waals surface area (Å²) >= 11 is 0. The van der Waals surface area contributed by atoms with E-state index in [4.69, 9.17) is 5.73 Å². The van der Waals surface area contributed by atoms with E-state index in [9.17, 15) is 13.6 Å². The van der Waals surface area contributed by atoms with Crippen LogP contribution in [0.5, 0.6) is 0 Å². The summed E-state index contributed by atoms with van der Waals surface area (Å²) in [6.45, 7) is 4.22. The van der Waals surface area contributed by atoms with E-state index in [1.807, 2.05) is 0 Å². The van der Waals surface area contributed by atoms with Crippen molar-refractivity contribution < 1.29 is 13.6 Å². The van der Waals surface area contributed by atoms with Crippen LogP contribution in [-0.2, 0) is 17.8 Å². The van der Waals surface area contributed by atoms with Gasteiger partial charge in [0.15, 0.2) is 0 Å². The van der Waals surface area contributed by atoms with Gasteiger partial charge in [-0.2, -0.15) is 0 Å². The lowest BCUT2D eigenvalue weighted by Crippen LogP contribution is -2.43. The molecule has 2 rings (SSSR count). The molecule has 0 saturated heterocycles. The van der Waals surface area contributed by atoms with E-state index in [0.29, 0.717) is 24.1 Å². The molecule has 19 heavy (non-hydrogen) atoms. The summed E-state index contributed by atoms with van der Waals surface area (Å²) in [4.78, 5) is 13.6. The molecule has 3 nitrogen and oxygen atoms in total. The molecule has 5 heteroatoms. The van der Waals surface area contributed by atoms with Crippen LogP contribution in [0, 0.1) is 11.6 Å². The molecule has 104 valence electrons. The molecule has 1 amide bonds. The molecule has 1 heterocycles. The molecule has 0 aromatic heterocycles. The Morgan fingerprint density at radius 1 is 1.42 bits per heavy atom. The standard InChI is InChI=1S/C14H18F2N2O/c1-14(2,17)7-13(19)18-4-3-9-5-10(15)6-12(16)11(9)8-18/h5-6H,3-4,7-8,17H2,1-2H3. The Bertz CT molecular complexity index is 509. The molecule has 0 bridgehead atoms. The van der Waals surface area contributed by atoms with Crippen molar-refractivity contribution in [1.29, 1.82) is 0 Å². The average molecular weight is 268 g/mol. The van der Waals surface area contributed by atoms with Gasteiger partial charge in [0.05, 0.1) is 0 Å². The maximum atomic E-state index is 13.7. The largest absolute Gasteiger partial charge is 0.338 e. The quantitative estimate of drug-likeness (QED) is 0.891. The van der Waals surface area contributed by atoms with E-state index in [1.165, 1.54) is 6.07 Å². The lowest BCUT2D eigenvalue weighted by Gasteiger charge is -2.31. The molecule has 0 spiro atoms. The van der Waals surface area contributed by atoms with Gasteiger partial charge in [-0.3, -0.25) is 4.79 Å². The molecule has 1 aliphatic heterocycles. The van der Waals surface area contributed by atoms with Gasteiger partial charge in [-0.1, -0.05) is 0 Å². The highest BCUT2D eigenvalue weighted by atomic mass is 19.1. The summed E-state index contributed by atoms with van der Waals surface area (Å²) in [5, 5.41) is 0. The van der Waals surface area contributed by atoms with Gasteiger partial charge in [0.2, 0.25) is 5.91 Å². The zero-order valence-corrected chi connectivity index (χ0v) is 11.2. The molecule has 0 unspecified atom stereocenters. The third kappa shape index (κ3) is 3.29. The summed E-state index contributed by atoms with van der Waals surface area (Å²) in [6.07, 6.45) is 0.686. The summed E-state index contributed by atoms with van der Waals surface area (Å²) in [6, 6.07) is 2.20. The highest BCUT2D eigenvalue weighted by Gasteiger charge is 2.26. The van der Waals surface area contributed by atoms with Gasteiger partial charge in [-0.15, -0.1) is 0 Å². The Labute approximate surface area is 111 Å². The van der Waals surface area contributed by atoms with E-state index < -0.39 is 17.2 Å². The van der Waals surface area contributed by atoms with Gasteiger partial charge in [0.1, 0.15) is 11.6 Å². The number of carbonyl (C=O) groups is 1. The number of hydrogen-bond acceptors (Lipinski definition) is 2. The zero-order chi connectivity index (χ0) is 14.2. The van der Waals surface area contributed by atoms with Crippen molar-refractivity contribution in [3.8, 4) is 0 Å². The summed E-state index contributed by atoms with van der Waals surface area (Å²) in [5.74, 6) is -1.25. The van der Waals surface area contributed by atoms with Crippen molar-refractivity contribution in [2.24, 2.45) is 5.73 Å². The number of halogens is 2. The van der Waals surface area contributed by atoms with E-state index in [0.717, 1.165) is 6.07 Å². The van der Waals surface area contributed by atoms with E-state index >= 15 is 0 Å². The SMILES string of the molecule is CC(C)(N)CC(=O)N1CCc2cc(F)cc(F)c2C1. The predicted molar refractivity (Wildman–Crippen MR) is 68.4 cm³/mol. The van der Waals surface area contributed by atoms with Crippen molar-refractivity contribution in [2.75, 3.05) is 6.54 Å². The van der Waals surface area contributed by atoms with Crippen LogP contribution >= 0.6 is 0 Å². The first-order chi connectivity index (χ1) is 8.76. The van der Waals surface area contributed by atoms with Crippen LogP contribution in [0.3, 0.4) is 0 Å². The van der Waals surface area contributed by atoms with Crippen LogP contribution in [0.1, 0.15) is 31.4 Å². The number of amides is 1. The Hall–Kier alpha value is -1.49. The Morgan fingerprint density at radius 3 is 2.74 bits per heavy atom. The number of carbonyl (C=O) groups excluding carboxylic acids is 1. The van der Waals surface area contributed by atoms with Gasteiger partial charge < -0.3 is 10.6 Å². The fourth-order valence-corrected chi connectivity index (χ4v) is 2.30. The summed E-state index contributed by atoms with van der Waals surface area (Å²) in [5.41, 5.74) is 6.29. The van der Waals surface area contributed by atoms with E-state index in [1.54, 1.807) is 18.7 Å².